The Morgan fingerprint density at radius 1 is 1.65 bits per heavy atom. The van der Waals surface area contributed by atoms with Gasteiger partial charge in [0.2, 0.25) is 0 Å². The minimum absolute atomic E-state index is 0.322. The summed E-state index contributed by atoms with van der Waals surface area (Å²) in [5.41, 5.74) is 1.81. The van der Waals surface area contributed by atoms with E-state index < -0.39 is 6.04 Å². The lowest BCUT2D eigenvalue weighted by Crippen LogP contribution is -2.30. The Morgan fingerprint density at radius 2 is 2.35 bits per heavy atom. The molecule has 1 atom stereocenters. The number of methoxy groups -OCH3 is 1. The number of aryl methyl sites for hydroxylation is 1. The van der Waals surface area contributed by atoms with E-state index in [4.69, 9.17) is 16.3 Å². The van der Waals surface area contributed by atoms with Crippen molar-refractivity contribution in [2.45, 2.75) is 13.0 Å². The van der Waals surface area contributed by atoms with E-state index in [1.54, 1.807) is 12.1 Å². The Labute approximate surface area is 106 Å². The smallest absolute Gasteiger partial charge is 0.327 e. The maximum Gasteiger partial charge on any atom is 0.327 e. The number of halogens is 1. The van der Waals surface area contributed by atoms with Crippen LogP contribution in [-0.4, -0.2) is 19.6 Å². The molecular weight excluding hydrogens is 238 g/mol. The van der Waals surface area contributed by atoms with Crippen LogP contribution in [0.15, 0.2) is 30.9 Å². The summed E-state index contributed by atoms with van der Waals surface area (Å²) in [6.07, 6.45) is 1.70. The number of hydrogen-bond acceptors (Lipinski definition) is 3. The first-order valence-electron chi connectivity index (χ1n) is 5.28. The molecule has 0 aliphatic carbocycles. The average molecular weight is 254 g/mol. The quantitative estimate of drug-likeness (QED) is 0.648. The number of carbonyl (C=O) groups is 1. The Balaban J connectivity index is 3.03. The fourth-order valence-electron chi connectivity index (χ4n) is 1.60. The van der Waals surface area contributed by atoms with Crippen LogP contribution >= 0.6 is 11.6 Å². The van der Waals surface area contributed by atoms with Gasteiger partial charge in [-0.1, -0.05) is 23.7 Å². The molecule has 1 aromatic rings. The number of nitrogens with one attached hydrogen (secondary N) is 1. The molecule has 0 fully saturated rings. The highest BCUT2D eigenvalue weighted by Gasteiger charge is 2.21. The minimum atomic E-state index is -0.490. The zero-order valence-corrected chi connectivity index (χ0v) is 10.8. The van der Waals surface area contributed by atoms with Crippen molar-refractivity contribution in [2.24, 2.45) is 0 Å². The third-order valence-corrected chi connectivity index (χ3v) is 2.68. The van der Waals surface area contributed by atoms with Gasteiger partial charge in [0.25, 0.3) is 0 Å². The molecule has 1 rings (SSSR count). The van der Waals surface area contributed by atoms with Crippen molar-refractivity contribution in [3.63, 3.8) is 0 Å². The molecule has 3 nitrogen and oxygen atoms in total. The fraction of sp³-hybridized carbons (Fsp3) is 0.308. The van der Waals surface area contributed by atoms with Gasteiger partial charge in [0.15, 0.2) is 0 Å². The standard InChI is InChI=1S/C13H16ClNO2/c1-4-7-15-12(13(16)17-3)11-6-5-10(14)8-9(11)2/h4-6,8,12,15H,1,7H2,2-3H3. The molecule has 0 bridgehead atoms. The van der Waals surface area contributed by atoms with Crippen LogP contribution in [0.3, 0.4) is 0 Å². The van der Waals surface area contributed by atoms with Crippen LogP contribution in [0, 0.1) is 6.92 Å². The molecule has 0 spiro atoms. The fourth-order valence-corrected chi connectivity index (χ4v) is 1.83. The summed E-state index contributed by atoms with van der Waals surface area (Å²) in [7, 11) is 1.37. The van der Waals surface area contributed by atoms with Gasteiger partial charge in [-0.3, -0.25) is 5.32 Å². The highest BCUT2D eigenvalue weighted by Crippen LogP contribution is 2.22. The summed E-state index contributed by atoms with van der Waals surface area (Å²) in [4.78, 5) is 11.7. The third kappa shape index (κ3) is 3.58. The lowest BCUT2D eigenvalue weighted by atomic mass is 10.0. The second-order valence-corrected chi connectivity index (χ2v) is 4.09. The molecule has 0 saturated carbocycles. The molecule has 0 radical (unpaired) electrons. The third-order valence-electron chi connectivity index (χ3n) is 2.45. The Bertz CT molecular complexity index is 418. The molecule has 0 saturated heterocycles. The lowest BCUT2D eigenvalue weighted by Gasteiger charge is -2.18. The summed E-state index contributed by atoms with van der Waals surface area (Å²) in [6.45, 7) is 6.05. The number of benzene rings is 1. The van der Waals surface area contributed by atoms with E-state index in [-0.39, 0.29) is 5.97 Å². The second-order valence-electron chi connectivity index (χ2n) is 3.65. The molecule has 17 heavy (non-hydrogen) atoms. The van der Waals surface area contributed by atoms with Crippen LogP contribution in [-0.2, 0) is 9.53 Å². The Hall–Kier alpha value is -1.32. The molecule has 1 aromatic carbocycles. The average Bonchev–Trinajstić information content (AvgIpc) is 2.31. The van der Waals surface area contributed by atoms with Crippen molar-refractivity contribution in [1.29, 1.82) is 0 Å². The van der Waals surface area contributed by atoms with Gasteiger partial charge in [-0.15, -0.1) is 6.58 Å². The summed E-state index contributed by atoms with van der Waals surface area (Å²) in [5.74, 6) is -0.322. The first kappa shape index (κ1) is 13.7. The van der Waals surface area contributed by atoms with Gasteiger partial charge in [-0.25, -0.2) is 4.79 Å². The highest BCUT2D eigenvalue weighted by molar-refractivity contribution is 6.30. The summed E-state index contributed by atoms with van der Waals surface area (Å²) < 4.78 is 4.78. The van der Waals surface area contributed by atoms with Gasteiger partial charge >= 0.3 is 5.97 Å². The number of carbonyl (C=O) groups excluding carboxylic acids is 1. The second kappa shape index (κ2) is 6.42. The van der Waals surface area contributed by atoms with E-state index in [9.17, 15) is 4.79 Å². The van der Waals surface area contributed by atoms with Crippen molar-refractivity contribution in [3.05, 3.63) is 47.0 Å². The van der Waals surface area contributed by atoms with Crippen molar-refractivity contribution in [2.75, 3.05) is 13.7 Å². The van der Waals surface area contributed by atoms with Gasteiger partial charge in [0.05, 0.1) is 7.11 Å². The summed E-state index contributed by atoms with van der Waals surface area (Å²) >= 11 is 5.89. The minimum Gasteiger partial charge on any atom is -0.468 e. The van der Waals surface area contributed by atoms with E-state index in [0.717, 1.165) is 11.1 Å². The van der Waals surface area contributed by atoms with Gasteiger partial charge in [-0.05, 0) is 30.2 Å². The Morgan fingerprint density at radius 3 is 2.88 bits per heavy atom. The predicted octanol–water partition coefficient (Wildman–Crippen LogP) is 2.64. The molecule has 4 heteroatoms. The highest BCUT2D eigenvalue weighted by atomic mass is 35.5. The number of rotatable bonds is 5. The van der Waals surface area contributed by atoms with Crippen LogP contribution in [0.5, 0.6) is 0 Å². The van der Waals surface area contributed by atoms with Crippen LogP contribution in [0.2, 0.25) is 5.02 Å². The van der Waals surface area contributed by atoms with Gasteiger partial charge in [-0.2, -0.15) is 0 Å². The van der Waals surface area contributed by atoms with Crippen molar-refractivity contribution in [1.82, 2.24) is 5.32 Å². The molecule has 0 amide bonds. The first-order chi connectivity index (χ1) is 8.10. The zero-order chi connectivity index (χ0) is 12.8. The summed E-state index contributed by atoms with van der Waals surface area (Å²) in [5, 5.41) is 3.71. The molecular formula is C13H16ClNO2. The van der Waals surface area contributed by atoms with Crippen LogP contribution < -0.4 is 5.32 Å². The van der Waals surface area contributed by atoms with E-state index in [1.165, 1.54) is 7.11 Å². The molecule has 0 aromatic heterocycles. The van der Waals surface area contributed by atoms with Crippen molar-refractivity contribution in [3.8, 4) is 0 Å². The topological polar surface area (TPSA) is 38.3 Å². The van der Waals surface area contributed by atoms with E-state index in [1.807, 2.05) is 19.1 Å². The SMILES string of the molecule is C=CCNC(C(=O)OC)c1ccc(Cl)cc1C. The maximum absolute atomic E-state index is 11.7. The number of esters is 1. The van der Waals surface area contributed by atoms with Crippen LogP contribution in [0.4, 0.5) is 0 Å². The van der Waals surface area contributed by atoms with Crippen molar-refractivity contribution >= 4 is 17.6 Å². The van der Waals surface area contributed by atoms with Gasteiger partial charge < -0.3 is 4.74 Å². The normalized spacial score (nSPS) is 11.9. The predicted molar refractivity (Wildman–Crippen MR) is 69.1 cm³/mol. The summed E-state index contributed by atoms with van der Waals surface area (Å²) in [6, 6.07) is 4.92. The molecule has 0 heterocycles. The largest absolute Gasteiger partial charge is 0.468 e. The van der Waals surface area contributed by atoms with Crippen LogP contribution in [0.1, 0.15) is 17.2 Å². The van der Waals surface area contributed by atoms with Gasteiger partial charge in [0, 0.05) is 11.6 Å². The molecule has 1 unspecified atom stereocenters. The zero-order valence-electron chi connectivity index (χ0n) is 10.00. The monoisotopic (exact) mass is 253 g/mol. The molecule has 1 N–H and O–H groups in total. The van der Waals surface area contributed by atoms with E-state index in [0.29, 0.717) is 11.6 Å². The maximum atomic E-state index is 11.7. The molecule has 0 aliphatic heterocycles. The van der Waals surface area contributed by atoms with Crippen molar-refractivity contribution < 1.29 is 9.53 Å². The van der Waals surface area contributed by atoms with E-state index in [2.05, 4.69) is 11.9 Å². The number of ether oxygens (including phenoxy) is 1. The van der Waals surface area contributed by atoms with Crippen LogP contribution in [0.25, 0.3) is 0 Å². The Kier molecular flexibility index (Phi) is 5.19. The molecule has 0 aliphatic rings. The van der Waals surface area contributed by atoms with Gasteiger partial charge in [0.1, 0.15) is 6.04 Å². The first-order valence-corrected chi connectivity index (χ1v) is 5.66. The lowest BCUT2D eigenvalue weighted by molar-refractivity contribution is -0.143. The van der Waals surface area contributed by atoms with E-state index >= 15 is 0 Å². The molecule has 92 valence electrons. The number of hydrogen-bond donors (Lipinski definition) is 1.